The normalized spacial score (nSPS) is 10.8. The lowest BCUT2D eigenvalue weighted by Gasteiger charge is -2.11. The van der Waals surface area contributed by atoms with Crippen molar-refractivity contribution in [3.05, 3.63) is 36.7 Å². The van der Waals surface area contributed by atoms with E-state index in [9.17, 15) is 0 Å². The number of fused-ring (bicyclic) bond motifs is 1. The predicted octanol–water partition coefficient (Wildman–Crippen LogP) is 1.89. The van der Waals surface area contributed by atoms with E-state index in [4.69, 9.17) is 10.5 Å². The van der Waals surface area contributed by atoms with Crippen molar-refractivity contribution in [2.75, 3.05) is 17.6 Å². The molecule has 23 heavy (non-hydrogen) atoms. The molecule has 0 atom stereocenters. The molecule has 0 amide bonds. The summed E-state index contributed by atoms with van der Waals surface area (Å²) in [5.74, 6) is 1.39. The van der Waals surface area contributed by atoms with Crippen molar-refractivity contribution in [1.82, 2.24) is 24.3 Å². The van der Waals surface area contributed by atoms with Crippen molar-refractivity contribution >= 4 is 17.4 Å². The minimum Gasteiger partial charge on any atom is -0.482 e. The summed E-state index contributed by atoms with van der Waals surface area (Å²) in [4.78, 5) is 16.7. The van der Waals surface area contributed by atoms with Crippen LogP contribution in [0.15, 0.2) is 31.0 Å². The molecule has 120 valence electrons. The maximum Gasteiger partial charge on any atom is 0.222 e. The molecule has 0 radical (unpaired) electrons. The number of rotatable bonds is 7. The van der Waals surface area contributed by atoms with Gasteiger partial charge in [0, 0.05) is 25.1 Å². The summed E-state index contributed by atoms with van der Waals surface area (Å²) >= 11 is 0. The van der Waals surface area contributed by atoms with Crippen LogP contribution in [0.5, 0.6) is 5.75 Å². The molecular formula is C15H19N7O. The Morgan fingerprint density at radius 3 is 3.04 bits per heavy atom. The van der Waals surface area contributed by atoms with Gasteiger partial charge in [-0.2, -0.15) is 4.98 Å². The van der Waals surface area contributed by atoms with Gasteiger partial charge in [-0.3, -0.25) is 4.98 Å². The molecule has 0 bridgehead atoms. The maximum atomic E-state index is 5.80. The average Bonchev–Trinajstić information content (AvgIpc) is 2.97. The van der Waals surface area contributed by atoms with Crippen LogP contribution < -0.4 is 15.8 Å². The van der Waals surface area contributed by atoms with Gasteiger partial charge in [0.2, 0.25) is 5.95 Å². The van der Waals surface area contributed by atoms with Gasteiger partial charge in [0.1, 0.15) is 6.61 Å². The fraction of sp³-hybridized carbons (Fsp3) is 0.333. The van der Waals surface area contributed by atoms with Gasteiger partial charge >= 0.3 is 0 Å². The van der Waals surface area contributed by atoms with Gasteiger partial charge in [-0.15, -0.1) is 0 Å². The van der Waals surface area contributed by atoms with Crippen molar-refractivity contribution in [2.45, 2.75) is 26.4 Å². The summed E-state index contributed by atoms with van der Waals surface area (Å²) in [6.07, 6.45) is 10.9. The van der Waals surface area contributed by atoms with Gasteiger partial charge in [-0.05, 0) is 6.42 Å². The lowest BCUT2D eigenvalue weighted by atomic mass is 10.3. The summed E-state index contributed by atoms with van der Waals surface area (Å²) in [5.41, 5.74) is 7.23. The molecular weight excluding hydrogens is 294 g/mol. The highest BCUT2D eigenvalue weighted by molar-refractivity contribution is 5.51. The van der Waals surface area contributed by atoms with E-state index in [1.807, 2.05) is 16.8 Å². The summed E-state index contributed by atoms with van der Waals surface area (Å²) in [5, 5.41) is 3.23. The molecule has 0 saturated carbocycles. The summed E-state index contributed by atoms with van der Waals surface area (Å²) in [7, 11) is 0. The van der Waals surface area contributed by atoms with E-state index >= 15 is 0 Å². The molecule has 0 spiro atoms. The molecule has 0 aliphatic carbocycles. The number of nitrogen functional groups attached to an aromatic ring is 1. The van der Waals surface area contributed by atoms with Crippen LogP contribution in [0.2, 0.25) is 0 Å². The molecule has 8 nitrogen and oxygen atoms in total. The number of unbranched alkanes of at least 4 members (excludes halogenated alkanes) is 1. The van der Waals surface area contributed by atoms with Gasteiger partial charge < -0.3 is 20.2 Å². The van der Waals surface area contributed by atoms with Crippen LogP contribution in [0.4, 0.5) is 11.8 Å². The highest BCUT2D eigenvalue weighted by atomic mass is 16.5. The van der Waals surface area contributed by atoms with E-state index < -0.39 is 0 Å². The predicted molar refractivity (Wildman–Crippen MR) is 87.2 cm³/mol. The third kappa shape index (κ3) is 3.65. The van der Waals surface area contributed by atoms with Crippen LogP contribution in [-0.4, -0.2) is 30.9 Å². The summed E-state index contributed by atoms with van der Waals surface area (Å²) in [6, 6.07) is 0. The van der Waals surface area contributed by atoms with E-state index in [2.05, 4.69) is 32.2 Å². The van der Waals surface area contributed by atoms with Crippen LogP contribution in [0, 0.1) is 0 Å². The largest absolute Gasteiger partial charge is 0.482 e. The van der Waals surface area contributed by atoms with Gasteiger partial charge in [0.15, 0.2) is 17.2 Å². The van der Waals surface area contributed by atoms with E-state index in [0.29, 0.717) is 18.2 Å². The van der Waals surface area contributed by atoms with Crippen LogP contribution in [0.3, 0.4) is 0 Å². The van der Waals surface area contributed by atoms with Crippen LogP contribution >= 0.6 is 0 Å². The summed E-state index contributed by atoms with van der Waals surface area (Å²) < 4.78 is 7.69. The Morgan fingerprint density at radius 2 is 2.22 bits per heavy atom. The zero-order chi connectivity index (χ0) is 16.1. The average molecular weight is 313 g/mol. The molecule has 0 fully saturated rings. The maximum absolute atomic E-state index is 5.80. The zero-order valence-electron chi connectivity index (χ0n) is 12.9. The number of hydrogen-bond donors (Lipinski definition) is 2. The number of anilines is 2. The topological polar surface area (TPSA) is 103 Å². The number of hydrogen-bond acceptors (Lipinski definition) is 7. The first-order valence-corrected chi connectivity index (χ1v) is 7.53. The van der Waals surface area contributed by atoms with Crippen molar-refractivity contribution in [1.29, 1.82) is 0 Å². The smallest absolute Gasteiger partial charge is 0.222 e. The van der Waals surface area contributed by atoms with Crippen molar-refractivity contribution in [3.8, 4) is 5.75 Å². The number of ether oxygens (including phenoxy) is 1. The van der Waals surface area contributed by atoms with Crippen LogP contribution in [0.25, 0.3) is 5.65 Å². The SMILES string of the molecule is CCCCNc1nc(N)ncc1OCc1cn2ccncc2n1. The third-order valence-electron chi connectivity index (χ3n) is 3.29. The standard InChI is InChI=1S/C15H19N7O/c1-2-3-4-18-14-12(7-19-15(16)21-14)23-10-11-9-22-6-5-17-8-13(22)20-11/h5-9H,2-4,10H2,1H3,(H3,16,18,19,21). The second kappa shape index (κ2) is 6.91. The molecule has 0 aliphatic heterocycles. The number of aromatic nitrogens is 5. The molecule has 3 rings (SSSR count). The molecule has 8 heteroatoms. The van der Waals surface area contributed by atoms with Gasteiger partial charge in [-0.25, -0.2) is 9.97 Å². The van der Waals surface area contributed by atoms with Crippen LogP contribution in [-0.2, 0) is 6.61 Å². The van der Waals surface area contributed by atoms with Gasteiger partial charge in [-0.1, -0.05) is 13.3 Å². The fourth-order valence-corrected chi connectivity index (χ4v) is 2.12. The van der Waals surface area contributed by atoms with E-state index in [1.54, 1.807) is 18.6 Å². The quantitative estimate of drug-likeness (QED) is 0.642. The number of nitrogens with zero attached hydrogens (tertiary/aromatic N) is 5. The highest BCUT2D eigenvalue weighted by Crippen LogP contribution is 2.22. The molecule has 3 aromatic heterocycles. The second-order valence-electron chi connectivity index (χ2n) is 5.08. The lowest BCUT2D eigenvalue weighted by molar-refractivity contribution is 0.301. The molecule has 3 aromatic rings. The Labute approximate surface area is 133 Å². The highest BCUT2D eigenvalue weighted by Gasteiger charge is 2.09. The molecule has 3 heterocycles. The van der Waals surface area contributed by atoms with Gasteiger partial charge in [0.25, 0.3) is 0 Å². The first kappa shape index (κ1) is 15.0. The minimum atomic E-state index is 0.218. The molecule has 0 unspecified atom stereocenters. The lowest BCUT2D eigenvalue weighted by Crippen LogP contribution is -2.08. The Hall–Kier alpha value is -2.90. The number of nitrogens with one attached hydrogen (secondary N) is 1. The Morgan fingerprint density at radius 1 is 1.30 bits per heavy atom. The molecule has 0 aromatic carbocycles. The van der Waals surface area contributed by atoms with E-state index in [0.717, 1.165) is 30.7 Å². The van der Waals surface area contributed by atoms with Crippen LogP contribution in [0.1, 0.15) is 25.5 Å². The van der Waals surface area contributed by atoms with Crippen molar-refractivity contribution in [2.24, 2.45) is 0 Å². The zero-order valence-corrected chi connectivity index (χ0v) is 12.9. The van der Waals surface area contributed by atoms with E-state index in [1.165, 1.54) is 0 Å². The molecule has 3 N–H and O–H groups in total. The number of nitrogens with two attached hydrogens (primary N) is 1. The molecule has 0 aliphatic rings. The first-order valence-electron chi connectivity index (χ1n) is 7.53. The Kier molecular flexibility index (Phi) is 4.51. The molecule has 0 saturated heterocycles. The van der Waals surface area contributed by atoms with Crippen molar-refractivity contribution in [3.63, 3.8) is 0 Å². The fourth-order valence-electron chi connectivity index (χ4n) is 2.12. The minimum absolute atomic E-state index is 0.218. The monoisotopic (exact) mass is 313 g/mol. The third-order valence-corrected chi connectivity index (χ3v) is 3.29. The Bertz CT molecular complexity index is 753. The second-order valence-corrected chi connectivity index (χ2v) is 5.08. The first-order chi connectivity index (χ1) is 11.3. The Balaban J connectivity index is 1.71. The summed E-state index contributed by atoms with van der Waals surface area (Å²) in [6.45, 7) is 3.26. The van der Waals surface area contributed by atoms with E-state index in [-0.39, 0.29) is 5.95 Å². The number of imidazole rings is 1. The van der Waals surface area contributed by atoms with Crippen molar-refractivity contribution < 1.29 is 4.74 Å². The van der Waals surface area contributed by atoms with Gasteiger partial charge in [0.05, 0.1) is 18.1 Å².